The molecule has 1 heterocycles. The zero-order chi connectivity index (χ0) is 55.0. The zero-order valence-corrected chi connectivity index (χ0v) is 48.4. The van der Waals surface area contributed by atoms with Crippen molar-refractivity contribution in [3.8, 4) is 22.3 Å². The molecule has 0 bridgehead atoms. The largest absolute Gasteiger partial charge is 0.367 e. The Bertz CT molecular complexity index is 2410. The molecule has 0 saturated carbocycles. The summed E-state index contributed by atoms with van der Waals surface area (Å²) in [4.78, 5) is 2.34. The van der Waals surface area contributed by atoms with E-state index in [-0.39, 0.29) is 6.04 Å². The lowest BCUT2D eigenvalue weighted by Gasteiger charge is -2.29. The van der Waals surface area contributed by atoms with Gasteiger partial charge in [-0.15, -0.1) is 26.3 Å². The first-order valence-electron chi connectivity index (χ1n) is 27.1. The Labute approximate surface area is 444 Å². The van der Waals surface area contributed by atoms with Gasteiger partial charge in [0.25, 0.3) is 0 Å². The maximum Gasteiger partial charge on any atom is 0.0541 e. The van der Waals surface area contributed by atoms with E-state index in [0.717, 1.165) is 32.1 Å². The third kappa shape index (κ3) is 24.5. The fraction of sp³-hybridized carbons (Fsp3) is 0.314. The number of benzene rings is 5. The molecule has 0 aliphatic heterocycles. The normalized spacial score (nSPS) is 10.8. The standard InChI is InChI=1S/C37H36N2.C17H22.C4H8.5C2H6.C2H4/c1-5-8-9-13-19-30(7-3)38(4)34-25-24-29(27-33(34)28-17-11-10-12-18-28)31-21-16-23-36-37(31)32-20-14-15-22-35(32)39(36)26-6-2;1-3-5-7-11-16(4-2)14-10-15-17-12-8-6-9-13-17;1-3-4-2;6*1-2/h5-18,20-27,30H,3,19H2,1-2,4H3;5-13,15H,3-4,14H2,1-2H3;3H,1,4H2,2H3;5*1-2H3;1-2H2/b8-5-,13-9-,26-6+;7-5-,15-10+,16-11+;;;;;;;. The van der Waals surface area contributed by atoms with E-state index in [9.17, 15) is 0 Å². The van der Waals surface area contributed by atoms with E-state index >= 15 is 0 Å². The van der Waals surface area contributed by atoms with Crippen molar-refractivity contribution >= 4 is 39.8 Å². The first kappa shape index (κ1) is 69.6. The third-order valence-corrected chi connectivity index (χ3v) is 10.3. The molecule has 6 aromatic rings. The summed E-state index contributed by atoms with van der Waals surface area (Å²) in [5.41, 5.74) is 11.3. The van der Waals surface area contributed by atoms with E-state index in [1.165, 1.54) is 60.9 Å². The molecule has 0 N–H and O–H groups in total. The van der Waals surface area contributed by atoms with Gasteiger partial charge in [0.05, 0.1) is 17.1 Å². The monoisotopic (exact) mass is 969 g/mol. The number of likely N-dealkylation sites (N-methyl/N-ethyl adjacent to an activating group) is 1. The Balaban J connectivity index is -0.00000120. The van der Waals surface area contributed by atoms with Gasteiger partial charge in [-0.3, -0.25) is 0 Å². The third-order valence-electron chi connectivity index (χ3n) is 10.3. The maximum absolute atomic E-state index is 4.15. The van der Waals surface area contributed by atoms with Crippen LogP contribution in [0.2, 0.25) is 0 Å². The highest BCUT2D eigenvalue weighted by Gasteiger charge is 2.18. The molecule has 390 valence electrons. The molecule has 72 heavy (non-hydrogen) atoms. The lowest BCUT2D eigenvalue weighted by atomic mass is 9.94. The molecule has 1 atom stereocenters. The number of rotatable bonds is 16. The Morgan fingerprint density at radius 3 is 1.72 bits per heavy atom. The van der Waals surface area contributed by atoms with Crippen LogP contribution in [0.3, 0.4) is 0 Å². The first-order chi connectivity index (χ1) is 35.5. The van der Waals surface area contributed by atoms with Gasteiger partial charge in [0.1, 0.15) is 0 Å². The van der Waals surface area contributed by atoms with Crippen LogP contribution in [-0.2, 0) is 0 Å². The van der Waals surface area contributed by atoms with E-state index in [1.807, 2.05) is 100 Å². The molecule has 0 fully saturated rings. The highest BCUT2D eigenvalue weighted by Crippen LogP contribution is 2.41. The summed E-state index contributed by atoms with van der Waals surface area (Å²) < 4.78 is 2.30. The second-order valence-corrected chi connectivity index (χ2v) is 14.5. The number of aromatic nitrogens is 1. The predicted molar refractivity (Wildman–Crippen MR) is 339 cm³/mol. The van der Waals surface area contributed by atoms with Gasteiger partial charge in [-0.2, -0.15) is 0 Å². The van der Waals surface area contributed by atoms with Crippen molar-refractivity contribution in [1.82, 2.24) is 4.57 Å². The van der Waals surface area contributed by atoms with Crippen LogP contribution in [0, 0.1) is 0 Å². The summed E-state index contributed by atoms with van der Waals surface area (Å²) in [6.45, 7) is 44.2. The molecule has 0 saturated heterocycles. The molecule has 2 heteroatoms. The van der Waals surface area contributed by atoms with Gasteiger partial charge < -0.3 is 9.47 Å². The van der Waals surface area contributed by atoms with Crippen LogP contribution in [-0.4, -0.2) is 17.7 Å². The molecule has 5 aromatic carbocycles. The van der Waals surface area contributed by atoms with Crippen molar-refractivity contribution in [2.24, 2.45) is 0 Å². The highest BCUT2D eigenvalue weighted by atomic mass is 15.1. The van der Waals surface area contributed by atoms with Crippen molar-refractivity contribution in [3.05, 3.63) is 226 Å². The van der Waals surface area contributed by atoms with E-state index in [0.29, 0.717) is 0 Å². The van der Waals surface area contributed by atoms with Crippen LogP contribution < -0.4 is 4.90 Å². The molecule has 0 aliphatic rings. The van der Waals surface area contributed by atoms with Crippen LogP contribution in [0.1, 0.15) is 142 Å². The van der Waals surface area contributed by atoms with Crippen LogP contribution in [0.5, 0.6) is 0 Å². The average Bonchev–Trinajstić information content (AvgIpc) is 3.79. The number of hydrogen-bond donors (Lipinski definition) is 0. The molecule has 1 unspecified atom stereocenters. The van der Waals surface area contributed by atoms with Crippen LogP contribution in [0.4, 0.5) is 5.69 Å². The minimum absolute atomic E-state index is 0.182. The molecular formula is C70H100N2. The summed E-state index contributed by atoms with van der Waals surface area (Å²) >= 11 is 0. The second-order valence-electron chi connectivity index (χ2n) is 14.5. The van der Waals surface area contributed by atoms with Crippen molar-refractivity contribution < 1.29 is 0 Å². The second kappa shape index (κ2) is 48.0. The van der Waals surface area contributed by atoms with Gasteiger partial charge in [0.2, 0.25) is 0 Å². The summed E-state index contributed by atoms with van der Waals surface area (Å²) in [5.74, 6) is 0. The van der Waals surface area contributed by atoms with Crippen molar-refractivity contribution in [1.29, 1.82) is 0 Å². The minimum atomic E-state index is 0.182. The first-order valence-corrected chi connectivity index (χ1v) is 27.1. The van der Waals surface area contributed by atoms with Crippen LogP contribution in [0.25, 0.3) is 56.3 Å². The van der Waals surface area contributed by atoms with E-state index in [1.54, 1.807) is 0 Å². The van der Waals surface area contributed by atoms with Crippen molar-refractivity contribution in [3.63, 3.8) is 0 Å². The Kier molecular flexibility index (Phi) is 46.4. The summed E-state index contributed by atoms with van der Waals surface area (Å²) in [7, 11) is 2.17. The Hall–Kier alpha value is -6.64. The highest BCUT2D eigenvalue weighted by molar-refractivity contribution is 6.16. The molecule has 2 nitrogen and oxygen atoms in total. The molecule has 6 rings (SSSR count). The molecule has 0 radical (unpaired) electrons. The minimum Gasteiger partial charge on any atom is -0.367 e. The van der Waals surface area contributed by atoms with Crippen LogP contribution >= 0.6 is 0 Å². The van der Waals surface area contributed by atoms with Crippen molar-refractivity contribution in [2.75, 3.05) is 11.9 Å². The number of nitrogens with zero attached hydrogens (tertiary/aromatic N) is 2. The Morgan fingerprint density at radius 2 is 1.17 bits per heavy atom. The molecule has 0 amide bonds. The van der Waals surface area contributed by atoms with Gasteiger partial charge in [-0.25, -0.2) is 0 Å². The van der Waals surface area contributed by atoms with Gasteiger partial charge >= 0.3 is 0 Å². The summed E-state index contributed by atoms with van der Waals surface area (Å²) in [6.07, 6.45) is 32.9. The topological polar surface area (TPSA) is 8.17 Å². The maximum atomic E-state index is 4.15. The lowest BCUT2D eigenvalue weighted by Crippen LogP contribution is -2.29. The number of para-hydroxylation sites is 1. The van der Waals surface area contributed by atoms with Gasteiger partial charge in [0, 0.05) is 35.3 Å². The fourth-order valence-electron chi connectivity index (χ4n) is 7.04. The summed E-state index contributed by atoms with van der Waals surface area (Å²) in [6, 6.07) is 43.5. The quantitative estimate of drug-likeness (QED) is 0.0693. The number of anilines is 1. The zero-order valence-electron chi connectivity index (χ0n) is 48.4. The fourth-order valence-corrected chi connectivity index (χ4v) is 7.04. The smallest absolute Gasteiger partial charge is 0.0541 e. The Morgan fingerprint density at radius 1 is 0.583 bits per heavy atom. The predicted octanol–water partition coefficient (Wildman–Crippen LogP) is 23.0. The van der Waals surface area contributed by atoms with Gasteiger partial charge in [0.15, 0.2) is 0 Å². The van der Waals surface area contributed by atoms with E-state index < -0.39 is 0 Å². The van der Waals surface area contributed by atoms with Gasteiger partial charge in [-0.05, 0) is 92.5 Å². The SMILES string of the molecule is C=C.C=CC(C/C=C\C=C/C)N(C)c1ccc(-c2cccc3c2c2ccccc2n3/C=C/C)cc1-c1ccccc1.C=CCC.CC.CC.CC.CC.CC.CC/C=C\C=C(/CC)C/C=C/c1ccccc1. The van der Waals surface area contributed by atoms with E-state index in [4.69, 9.17) is 0 Å². The van der Waals surface area contributed by atoms with Crippen LogP contribution in [0.15, 0.2) is 220 Å². The molecular weight excluding hydrogens is 869 g/mol. The van der Waals surface area contributed by atoms with Crippen molar-refractivity contribution in [2.45, 2.75) is 142 Å². The number of hydrogen-bond acceptors (Lipinski definition) is 1. The molecule has 1 aromatic heterocycles. The lowest BCUT2D eigenvalue weighted by molar-refractivity contribution is 0.762. The molecule has 0 spiro atoms. The average molecular weight is 970 g/mol. The number of allylic oxidation sites excluding steroid dienone is 10. The van der Waals surface area contributed by atoms with Gasteiger partial charge in [-0.1, -0.05) is 266 Å². The summed E-state index contributed by atoms with van der Waals surface area (Å²) in [5, 5.41) is 2.55. The number of fused-ring (bicyclic) bond motifs is 3. The molecule has 0 aliphatic carbocycles. The van der Waals surface area contributed by atoms with E-state index in [2.05, 4.69) is 247 Å².